The van der Waals surface area contributed by atoms with Crippen LogP contribution in [0.1, 0.15) is 11.3 Å². The Morgan fingerprint density at radius 2 is 1.77 bits per heavy atom. The zero-order valence-electron chi connectivity index (χ0n) is 17.3. The molecule has 6 nitrogen and oxygen atoms in total. The molecule has 6 heteroatoms. The third-order valence-corrected chi connectivity index (χ3v) is 4.87. The summed E-state index contributed by atoms with van der Waals surface area (Å²) >= 11 is 0. The van der Waals surface area contributed by atoms with Gasteiger partial charge in [0, 0.05) is 17.7 Å². The lowest BCUT2D eigenvalue weighted by molar-refractivity contribution is -0.116. The van der Waals surface area contributed by atoms with Crippen LogP contribution in [0.5, 0.6) is 11.5 Å². The smallest absolute Gasteiger partial charge is 0.244 e. The molecule has 0 radical (unpaired) electrons. The molecule has 1 amide bonds. The third-order valence-electron chi connectivity index (χ3n) is 4.87. The maximum atomic E-state index is 12.2. The predicted molar refractivity (Wildman–Crippen MR) is 120 cm³/mol. The van der Waals surface area contributed by atoms with Gasteiger partial charge in [0.2, 0.25) is 5.91 Å². The van der Waals surface area contributed by atoms with Gasteiger partial charge in [0.05, 0.1) is 20.8 Å². The van der Waals surface area contributed by atoms with E-state index in [1.54, 1.807) is 32.4 Å². The maximum Gasteiger partial charge on any atom is 0.244 e. The van der Waals surface area contributed by atoms with Crippen LogP contribution in [0.2, 0.25) is 0 Å². The number of rotatable bonds is 7. The van der Waals surface area contributed by atoms with Crippen LogP contribution in [-0.2, 0) is 11.3 Å². The second-order valence-corrected chi connectivity index (χ2v) is 6.91. The van der Waals surface area contributed by atoms with Gasteiger partial charge in [0.15, 0.2) is 17.3 Å². The predicted octanol–water partition coefficient (Wildman–Crippen LogP) is 4.84. The van der Waals surface area contributed by atoms with Crippen LogP contribution in [0, 0.1) is 0 Å². The van der Waals surface area contributed by atoms with Crippen LogP contribution < -0.4 is 14.8 Å². The second-order valence-electron chi connectivity index (χ2n) is 6.91. The van der Waals surface area contributed by atoms with Crippen molar-refractivity contribution in [3.63, 3.8) is 0 Å². The first-order valence-corrected chi connectivity index (χ1v) is 9.79. The Morgan fingerprint density at radius 1 is 0.968 bits per heavy atom. The summed E-state index contributed by atoms with van der Waals surface area (Å²) in [5.74, 6) is 1.67. The Kier molecular flexibility index (Phi) is 5.98. The number of methoxy groups -OCH3 is 2. The molecule has 156 valence electrons. The van der Waals surface area contributed by atoms with Crippen molar-refractivity contribution in [2.75, 3.05) is 14.2 Å². The summed E-state index contributed by atoms with van der Waals surface area (Å²) < 4.78 is 16.0. The van der Waals surface area contributed by atoms with E-state index >= 15 is 0 Å². The van der Waals surface area contributed by atoms with Gasteiger partial charge in [-0.05, 0) is 40.6 Å². The lowest BCUT2D eigenvalue weighted by Gasteiger charge is -2.07. The number of carbonyl (C=O) groups excluding carboxylic acids is 1. The lowest BCUT2D eigenvalue weighted by Crippen LogP contribution is -2.20. The van der Waals surface area contributed by atoms with E-state index in [2.05, 4.69) is 28.7 Å². The first-order valence-electron chi connectivity index (χ1n) is 9.79. The SMILES string of the molecule is COc1ccc(/C=C\C(=O)NCc2cc(-c3ccc4ccccc4c3)on2)cc1OC. The first-order chi connectivity index (χ1) is 15.2. The number of nitrogens with zero attached hydrogens (tertiary/aromatic N) is 1. The number of aromatic nitrogens is 1. The maximum absolute atomic E-state index is 12.2. The van der Waals surface area contributed by atoms with E-state index < -0.39 is 0 Å². The first kappa shape index (κ1) is 20.2. The van der Waals surface area contributed by atoms with Crippen molar-refractivity contribution >= 4 is 22.8 Å². The molecular weight excluding hydrogens is 392 g/mol. The van der Waals surface area contributed by atoms with Crippen molar-refractivity contribution in [2.24, 2.45) is 0 Å². The van der Waals surface area contributed by atoms with Crippen LogP contribution in [0.15, 0.2) is 77.3 Å². The van der Waals surface area contributed by atoms with E-state index in [1.807, 2.05) is 36.4 Å². The molecule has 0 atom stereocenters. The zero-order valence-corrected chi connectivity index (χ0v) is 17.3. The summed E-state index contributed by atoms with van der Waals surface area (Å²) in [4.78, 5) is 12.2. The molecule has 4 rings (SSSR count). The number of ether oxygens (including phenoxy) is 2. The van der Waals surface area contributed by atoms with E-state index in [-0.39, 0.29) is 12.5 Å². The van der Waals surface area contributed by atoms with Crippen molar-refractivity contribution in [1.82, 2.24) is 10.5 Å². The van der Waals surface area contributed by atoms with Gasteiger partial charge in [0.25, 0.3) is 0 Å². The van der Waals surface area contributed by atoms with Crippen LogP contribution in [0.4, 0.5) is 0 Å². The summed E-state index contributed by atoms with van der Waals surface area (Å²) in [5.41, 5.74) is 2.42. The molecule has 0 bridgehead atoms. The van der Waals surface area contributed by atoms with E-state index in [0.29, 0.717) is 23.0 Å². The molecule has 0 fully saturated rings. The lowest BCUT2D eigenvalue weighted by atomic mass is 10.1. The minimum atomic E-state index is -0.231. The molecule has 1 aromatic heterocycles. The topological polar surface area (TPSA) is 73.6 Å². The molecule has 0 aliphatic heterocycles. The highest BCUT2D eigenvalue weighted by Crippen LogP contribution is 2.28. The fraction of sp³-hybridized carbons (Fsp3) is 0.120. The highest BCUT2D eigenvalue weighted by molar-refractivity contribution is 5.91. The molecule has 0 unspecified atom stereocenters. The van der Waals surface area contributed by atoms with Gasteiger partial charge in [0.1, 0.15) is 5.69 Å². The molecule has 0 spiro atoms. The van der Waals surface area contributed by atoms with Crippen molar-refractivity contribution in [1.29, 1.82) is 0 Å². The van der Waals surface area contributed by atoms with Gasteiger partial charge in [-0.1, -0.05) is 47.6 Å². The van der Waals surface area contributed by atoms with Crippen LogP contribution in [-0.4, -0.2) is 25.3 Å². The van der Waals surface area contributed by atoms with Crippen molar-refractivity contribution in [3.05, 3.63) is 84.1 Å². The standard InChI is InChI=1S/C25H22N2O4/c1-29-22-11-7-17(13-24(22)30-2)8-12-25(28)26-16-21-15-23(31-27-21)20-10-9-18-5-3-4-6-19(18)14-20/h3-15H,16H2,1-2H3,(H,26,28)/b12-8-. The number of hydrogen-bond acceptors (Lipinski definition) is 5. The van der Waals surface area contributed by atoms with E-state index in [0.717, 1.165) is 16.5 Å². The number of carbonyl (C=O) groups is 1. The molecule has 0 aliphatic carbocycles. The van der Waals surface area contributed by atoms with Gasteiger partial charge in [-0.3, -0.25) is 4.79 Å². The molecule has 31 heavy (non-hydrogen) atoms. The third kappa shape index (κ3) is 4.75. The number of hydrogen-bond donors (Lipinski definition) is 1. The summed E-state index contributed by atoms with van der Waals surface area (Å²) in [6.45, 7) is 0.270. The van der Waals surface area contributed by atoms with Gasteiger partial charge < -0.3 is 19.3 Å². The number of fused-ring (bicyclic) bond motifs is 1. The minimum absolute atomic E-state index is 0.231. The number of benzene rings is 3. The summed E-state index contributed by atoms with van der Waals surface area (Å²) in [6.07, 6.45) is 3.17. The highest BCUT2D eigenvalue weighted by atomic mass is 16.5. The Bertz CT molecular complexity index is 1240. The Labute approximate surface area is 180 Å². The van der Waals surface area contributed by atoms with Crippen LogP contribution in [0.25, 0.3) is 28.2 Å². The van der Waals surface area contributed by atoms with E-state index in [4.69, 9.17) is 14.0 Å². The highest BCUT2D eigenvalue weighted by Gasteiger charge is 2.08. The van der Waals surface area contributed by atoms with Crippen LogP contribution >= 0.6 is 0 Å². The number of nitrogens with one attached hydrogen (secondary N) is 1. The van der Waals surface area contributed by atoms with Crippen molar-refractivity contribution in [3.8, 4) is 22.8 Å². The molecule has 4 aromatic rings. The Balaban J connectivity index is 1.38. The Hall–Kier alpha value is -4.06. The normalized spacial score (nSPS) is 11.0. The summed E-state index contributed by atoms with van der Waals surface area (Å²) in [6, 6.07) is 21.5. The van der Waals surface area contributed by atoms with Gasteiger partial charge in [-0.2, -0.15) is 0 Å². The van der Waals surface area contributed by atoms with Gasteiger partial charge in [-0.15, -0.1) is 0 Å². The fourth-order valence-corrected chi connectivity index (χ4v) is 3.24. The van der Waals surface area contributed by atoms with Gasteiger partial charge >= 0.3 is 0 Å². The molecule has 0 saturated heterocycles. The van der Waals surface area contributed by atoms with Gasteiger partial charge in [-0.25, -0.2) is 0 Å². The second kappa shape index (κ2) is 9.17. The molecule has 0 aliphatic rings. The molecule has 1 N–H and O–H groups in total. The summed E-state index contributed by atoms with van der Waals surface area (Å²) in [7, 11) is 3.15. The molecule has 1 heterocycles. The summed E-state index contributed by atoms with van der Waals surface area (Å²) in [5, 5.41) is 9.17. The molecule has 3 aromatic carbocycles. The Morgan fingerprint density at radius 3 is 2.58 bits per heavy atom. The largest absolute Gasteiger partial charge is 0.493 e. The zero-order chi connectivity index (χ0) is 21.6. The van der Waals surface area contributed by atoms with Crippen molar-refractivity contribution < 1.29 is 18.8 Å². The molecular formula is C25H22N2O4. The average Bonchev–Trinajstić information content (AvgIpc) is 3.30. The van der Waals surface area contributed by atoms with E-state index in [9.17, 15) is 4.79 Å². The fourth-order valence-electron chi connectivity index (χ4n) is 3.24. The number of amides is 1. The monoisotopic (exact) mass is 414 g/mol. The van der Waals surface area contributed by atoms with Crippen LogP contribution in [0.3, 0.4) is 0 Å². The molecule has 0 saturated carbocycles. The average molecular weight is 414 g/mol. The minimum Gasteiger partial charge on any atom is -0.493 e. The van der Waals surface area contributed by atoms with E-state index in [1.165, 1.54) is 11.5 Å². The van der Waals surface area contributed by atoms with Crippen molar-refractivity contribution in [2.45, 2.75) is 6.54 Å². The quantitative estimate of drug-likeness (QED) is 0.438.